The molecule has 0 unspecified atom stereocenters. The molecule has 3 N–H and O–H groups in total. The van der Waals surface area contributed by atoms with E-state index in [0.29, 0.717) is 17.7 Å². The first-order chi connectivity index (χ1) is 13.1. The smallest absolute Gasteiger partial charge is 0.385 e. The van der Waals surface area contributed by atoms with Crippen molar-refractivity contribution in [2.75, 3.05) is 11.9 Å². The molecule has 0 aromatic heterocycles. The van der Waals surface area contributed by atoms with Crippen molar-refractivity contribution in [3.05, 3.63) is 58.7 Å². The van der Waals surface area contributed by atoms with Crippen molar-refractivity contribution >= 4 is 17.7 Å². The lowest BCUT2D eigenvalue weighted by atomic mass is 9.93. The molecular formula is C22H25F3N2O. The zero-order valence-corrected chi connectivity index (χ0v) is 16.3. The van der Waals surface area contributed by atoms with E-state index < -0.39 is 18.5 Å². The van der Waals surface area contributed by atoms with Gasteiger partial charge in [-0.15, -0.1) is 0 Å². The van der Waals surface area contributed by atoms with Gasteiger partial charge in [0.05, 0.1) is 6.42 Å². The quantitative estimate of drug-likeness (QED) is 0.604. The first-order valence-corrected chi connectivity index (χ1v) is 9.13. The molecule has 0 fully saturated rings. The summed E-state index contributed by atoms with van der Waals surface area (Å²) in [6, 6.07) is 11.4. The fourth-order valence-electron chi connectivity index (χ4n) is 2.96. The summed E-state index contributed by atoms with van der Waals surface area (Å²) in [5.74, 6) is -0.419. The van der Waals surface area contributed by atoms with Gasteiger partial charge in [-0.1, -0.05) is 31.2 Å². The fraction of sp³-hybridized carbons (Fsp3) is 0.318. The molecule has 0 spiro atoms. The van der Waals surface area contributed by atoms with Crippen LogP contribution in [0.1, 0.15) is 36.5 Å². The minimum Gasteiger partial charge on any atom is -0.385 e. The van der Waals surface area contributed by atoms with Crippen LogP contribution in [0.3, 0.4) is 0 Å². The van der Waals surface area contributed by atoms with Crippen molar-refractivity contribution in [3.8, 4) is 11.1 Å². The third-order valence-corrected chi connectivity index (χ3v) is 4.57. The zero-order valence-electron chi connectivity index (χ0n) is 16.3. The molecule has 0 radical (unpaired) electrons. The van der Waals surface area contributed by atoms with Gasteiger partial charge in [0.25, 0.3) is 0 Å². The Kier molecular flexibility index (Phi) is 6.89. The number of hydrogen-bond acceptors (Lipinski definition) is 2. The average Bonchev–Trinajstić information content (AvgIpc) is 2.61. The highest BCUT2D eigenvalue weighted by molar-refractivity contribution is 5.96. The van der Waals surface area contributed by atoms with E-state index >= 15 is 0 Å². The number of benzene rings is 2. The molecule has 0 heterocycles. The highest BCUT2D eigenvalue weighted by Gasteiger charge is 2.26. The van der Waals surface area contributed by atoms with E-state index in [1.165, 1.54) is 0 Å². The lowest BCUT2D eigenvalue weighted by molar-refractivity contribution is -0.131. The molecule has 28 heavy (non-hydrogen) atoms. The number of amides is 1. The molecule has 0 atom stereocenters. The maximum absolute atomic E-state index is 12.2. The second-order valence-electron chi connectivity index (χ2n) is 6.78. The van der Waals surface area contributed by atoms with Crippen LogP contribution in [0.25, 0.3) is 17.2 Å². The van der Waals surface area contributed by atoms with Crippen LogP contribution in [-0.2, 0) is 4.79 Å². The second kappa shape index (κ2) is 8.95. The van der Waals surface area contributed by atoms with Crippen molar-refractivity contribution in [2.24, 2.45) is 5.73 Å². The number of halogens is 3. The first kappa shape index (κ1) is 21.5. The number of aryl methyl sites for hydroxylation is 2. The SMILES string of the molecule is CC/C(=C\c1cc(C)c(-c2ccc(NCCC(F)(F)F)cc2)cc1C)C(N)=O. The van der Waals surface area contributed by atoms with E-state index in [1.807, 2.05) is 51.1 Å². The number of alkyl halides is 3. The molecule has 0 bridgehead atoms. The average molecular weight is 390 g/mol. The summed E-state index contributed by atoms with van der Waals surface area (Å²) in [6.45, 7) is 5.69. The van der Waals surface area contributed by atoms with Crippen LogP contribution in [0.4, 0.5) is 18.9 Å². The highest BCUT2D eigenvalue weighted by atomic mass is 19.4. The maximum Gasteiger partial charge on any atom is 0.390 e. The lowest BCUT2D eigenvalue weighted by Gasteiger charge is -2.13. The van der Waals surface area contributed by atoms with Gasteiger partial charge >= 0.3 is 6.18 Å². The number of hydrogen-bond donors (Lipinski definition) is 2. The summed E-state index contributed by atoms with van der Waals surface area (Å²) in [7, 11) is 0. The Labute approximate surface area is 163 Å². The fourth-order valence-corrected chi connectivity index (χ4v) is 2.96. The maximum atomic E-state index is 12.2. The largest absolute Gasteiger partial charge is 0.390 e. The van der Waals surface area contributed by atoms with Crippen molar-refractivity contribution < 1.29 is 18.0 Å². The van der Waals surface area contributed by atoms with Gasteiger partial charge in [0.2, 0.25) is 5.91 Å². The van der Waals surface area contributed by atoms with Gasteiger partial charge in [-0.3, -0.25) is 4.79 Å². The Hall–Kier alpha value is -2.76. The highest BCUT2D eigenvalue weighted by Crippen LogP contribution is 2.29. The number of primary amides is 1. The van der Waals surface area contributed by atoms with E-state index in [-0.39, 0.29) is 6.54 Å². The molecule has 150 valence electrons. The van der Waals surface area contributed by atoms with Gasteiger partial charge in [-0.2, -0.15) is 13.2 Å². The van der Waals surface area contributed by atoms with Gasteiger partial charge in [-0.05, 0) is 66.3 Å². The molecule has 3 nitrogen and oxygen atoms in total. The Morgan fingerprint density at radius 2 is 1.75 bits per heavy atom. The number of anilines is 1. The number of nitrogens with two attached hydrogens (primary N) is 1. The Balaban J connectivity index is 2.22. The lowest BCUT2D eigenvalue weighted by Crippen LogP contribution is -2.14. The number of rotatable bonds is 7. The van der Waals surface area contributed by atoms with Crippen LogP contribution >= 0.6 is 0 Å². The molecule has 0 aliphatic carbocycles. The normalized spacial score (nSPS) is 12.1. The van der Waals surface area contributed by atoms with E-state index in [9.17, 15) is 18.0 Å². The van der Waals surface area contributed by atoms with Crippen LogP contribution in [-0.4, -0.2) is 18.6 Å². The molecule has 6 heteroatoms. The predicted molar refractivity (Wildman–Crippen MR) is 108 cm³/mol. The number of carbonyl (C=O) groups is 1. The van der Waals surface area contributed by atoms with Gasteiger partial charge in [-0.25, -0.2) is 0 Å². The van der Waals surface area contributed by atoms with Crippen LogP contribution in [0.15, 0.2) is 42.0 Å². The first-order valence-electron chi connectivity index (χ1n) is 9.13. The van der Waals surface area contributed by atoms with Gasteiger partial charge < -0.3 is 11.1 Å². The van der Waals surface area contributed by atoms with Crippen molar-refractivity contribution in [3.63, 3.8) is 0 Å². The van der Waals surface area contributed by atoms with Crippen molar-refractivity contribution in [2.45, 2.75) is 39.8 Å². The van der Waals surface area contributed by atoms with Crippen LogP contribution < -0.4 is 11.1 Å². The van der Waals surface area contributed by atoms with Crippen LogP contribution in [0.2, 0.25) is 0 Å². The number of carbonyl (C=O) groups excluding carboxylic acids is 1. The Bertz CT molecular complexity index is 869. The van der Waals surface area contributed by atoms with Crippen LogP contribution in [0.5, 0.6) is 0 Å². The third-order valence-electron chi connectivity index (χ3n) is 4.57. The van der Waals surface area contributed by atoms with Gasteiger partial charge in [0, 0.05) is 17.8 Å². The summed E-state index contributed by atoms with van der Waals surface area (Å²) in [4.78, 5) is 11.5. The van der Waals surface area contributed by atoms with Crippen molar-refractivity contribution in [1.29, 1.82) is 0 Å². The Morgan fingerprint density at radius 3 is 2.29 bits per heavy atom. The molecule has 0 saturated heterocycles. The Morgan fingerprint density at radius 1 is 1.11 bits per heavy atom. The van der Waals surface area contributed by atoms with E-state index in [4.69, 9.17) is 5.73 Å². The van der Waals surface area contributed by atoms with E-state index in [0.717, 1.165) is 27.8 Å². The molecule has 0 saturated carbocycles. The second-order valence-corrected chi connectivity index (χ2v) is 6.78. The van der Waals surface area contributed by atoms with Gasteiger partial charge in [0.15, 0.2) is 0 Å². The van der Waals surface area contributed by atoms with Gasteiger partial charge in [0.1, 0.15) is 0 Å². The van der Waals surface area contributed by atoms with Crippen LogP contribution in [0, 0.1) is 13.8 Å². The molecule has 2 aromatic carbocycles. The van der Waals surface area contributed by atoms with E-state index in [2.05, 4.69) is 5.32 Å². The molecule has 1 amide bonds. The summed E-state index contributed by atoms with van der Waals surface area (Å²) in [6.07, 6.45) is -2.64. The number of nitrogens with one attached hydrogen (secondary N) is 1. The topological polar surface area (TPSA) is 55.1 Å². The third kappa shape index (κ3) is 5.87. The van der Waals surface area contributed by atoms with Crippen molar-refractivity contribution in [1.82, 2.24) is 0 Å². The summed E-state index contributed by atoms with van der Waals surface area (Å²) in [5, 5.41) is 2.78. The molecule has 0 aliphatic heterocycles. The zero-order chi connectivity index (χ0) is 20.9. The summed E-state index contributed by atoms with van der Waals surface area (Å²) >= 11 is 0. The monoisotopic (exact) mass is 390 g/mol. The molecule has 2 rings (SSSR count). The summed E-state index contributed by atoms with van der Waals surface area (Å²) < 4.78 is 36.7. The summed E-state index contributed by atoms with van der Waals surface area (Å²) in [5.41, 5.74) is 11.6. The molecular weight excluding hydrogens is 365 g/mol. The molecule has 0 aliphatic rings. The predicted octanol–water partition coefficient (Wildman–Crippen LogP) is 5.61. The van der Waals surface area contributed by atoms with E-state index in [1.54, 1.807) is 12.1 Å². The minimum absolute atomic E-state index is 0.151. The molecule has 2 aromatic rings. The minimum atomic E-state index is -4.16. The standard InChI is InChI=1S/C22H25F3N2O/c1-4-16(21(26)28)13-18-11-15(3)20(12-14(18)2)17-5-7-19(8-6-17)27-10-9-22(23,24)25/h5-8,11-13,27H,4,9-10H2,1-3H3,(H2,26,28)/b16-13+.